The molecule has 0 aliphatic carbocycles. The standard InChI is InChI=1S/C12H17NO4S/c1-10-4-2-3-5-12(10)18(14,15)13-8-11-9-16-6-7-17-11/h2-5,11,13H,6-9H2,1H3. The Bertz CT molecular complexity index is 495. The van der Waals surface area contributed by atoms with E-state index in [4.69, 9.17) is 9.47 Å². The van der Waals surface area contributed by atoms with Crippen LogP contribution in [0.2, 0.25) is 0 Å². The van der Waals surface area contributed by atoms with Crippen LogP contribution in [0.4, 0.5) is 0 Å². The number of ether oxygens (including phenoxy) is 2. The van der Waals surface area contributed by atoms with Crippen molar-refractivity contribution < 1.29 is 17.9 Å². The van der Waals surface area contributed by atoms with Crippen LogP contribution in [-0.4, -0.2) is 40.9 Å². The van der Waals surface area contributed by atoms with Gasteiger partial charge in [-0.05, 0) is 18.6 Å². The molecule has 1 atom stereocenters. The Balaban J connectivity index is 2.01. The highest BCUT2D eigenvalue weighted by Crippen LogP contribution is 2.13. The topological polar surface area (TPSA) is 64.6 Å². The van der Waals surface area contributed by atoms with Crippen LogP contribution in [0.25, 0.3) is 0 Å². The van der Waals surface area contributed by atoms with Gasteiger partial charge in [0.15, 0.2) is 0 Å². The molecule has 1 unspecified atom stereocenters. The van der Waals surface area contributed by atoms with Crippen LogP contribution in [0.5, 0.6) is 0 Å². The van der Waals surface area contributed by atoms with E-state index in [1.54, 1.807) is 25.1 Å². The van der Waals surface area contributed by atoms with Gasteiger partial charge >= 0.3 is 0 Å². The number of hydrogen-bond donors (Lipinski definition) is 1. The van der Waals surface area contributed by atoms with Crippen LogP contribution in [0.3, 0.4) is 0 Å². The second-order valence-corrected chi connectivity index (χ2v) is 5.92. The van der Waals surface area contributed by atoms with E-state index in [-0.39, 0.29) is 12.6 Å². The molecule has 0 saturated carbocycles. The molecule has 1 N–H and O–H groups in total. The fourth-order valence-electron chi connectivity index (χ4n) is 1.79. The Morgan fingerprint density at radius 1 is 1.33 bits per heavy atom. The zero-order valence-corrected chi connectivity index (χ0v) is 11.1. The van der Waals surface area contributed by atoms with Crippen molar-refractivity contribution in [3.05, 3.63) is 29.8 Å². The van der Waals surface area contributed by atoms with Gasteiger partial charge in [0.05, 0.1) is 30.8 Å². The first kappa shape index (κ1) is 13.5. The van der Waals surface area contributed by atoms with Gasteiger partial charge in [-0.15, -0.1) is 0 Å². The third-order valence-electron chi connectivity index (χ3n) is 2.77. The van der Waals surface area contributed by atoms with Gasteiger partial charge in [0.2, 0.25) is 10.0 Å². The number of aryl methyl sites for hydroxylation is 1. The number of nitrogens with one attached hydrogen (secondary N) is 1. The lowest BCUT2D eigenvalue weighted by Crippen LogP contribution is -2.39. The van der Waals surface area contributed by atoms with Crippen LogP contribution in [0, 0.1) is 6.92 Å². The van der Waals surface area contributed by atoms with E-state index in [9.17, 15) is 8.42 Å². The molecule has 0 radical (unpaired) electrons. The van der Waals surface area contributed by atoms with E-state index in [1.807, 2.05) is 6.07 Å². The van der Waals surface area contributed by atoms with Crippen LogP contribution in [-0.2, 0) is 19.5 Å². The number of benzene rings is 1. The van der Waals surface area contributed by atoms with Crippen molar-refractivity contribution in [2.75, 3.05) is 26.4 Å². The van der Waals surface area contributed by atoms with Gasteiger partial charge in [0, 0.05) is 6.54 Å². The molecule has 6 heteroatoms. The molecular weight excluding hydrogens is 254 g/mol. The first-order valence-electron chi connectivity index (χ1n) is 5.84. The van der Waals surface area contributed by atoms with Gasteiger partial charge in [0.1, 0.15) is 0 Å². The number of rotatable bonds is 4. The predicted molar refractivity (Wildman–Crippen MR) is 66.9 cm³/mol. The maximum Gasteiger partial charge on any atom is 0.240 e. The SMILES string of the molecule is Cc1ccccc1S(=O)(=O)NCC1COCCO1. The Hall–Kier alpha value is -0.950. The fraction of sp³-hybridized carbons (Fsp3) is 0.500. The second kappa shape index (κ2) is 5.79. The van der Waals surface area contributed by atoms with E-state index < -0.39 is 10.0 Å². The molecule has 0 amide bonds. The highest BCUT2D eigenvalue weighted by Gasteiger charge is 2.20. The molecule has 0 spiro atoms. The highest BCUT2D eigenvalue weighted by atomic mass is 32.2. The van der Waals surface area contributed by atoms with Crippen molar-refractivity contribution in [3.8, 4) is 0 Å². The molecular formula is C12H17NO4S. The summed E-state index contributed by atoms with van der Waals surface area (Å²) in [6, 6.07) is 6.89. The third kappa shape index (κ3) is 3.29. The second-order valence-electron chi connectivity index (χ2n) is 4.19. The van der Waals surface area contributed by atoms with Crippen LogP contribution < -0.4 is 4.72 Å². The van der Waals surface area contributed by atoms with Crippen molar-refractivity contribution >= 4 is 10.0 Å². The van der Waals surface area contributed by atoms with Gasteiger partial charge in [-0.25, -0.2) is 13.1 Å². The molecule has 1 aliphatic heterocycles. The minimum Gasteiger partial charge on any atom is -0.376 e. The van der Waals surface area contributed by atoms with Crippen LogP contribution >= 0.6 is 0 Å². The summed E-state index contributed by atoms with van der Waals surface area (Å²) in [5.41, 5.74) is 0.728. The number of hydrogen-bond acceptors (Lipinski definition) is 4. The number of sulfonamides is 1. The first-order chi connectivity index (χ1) is 8.59. The van der Waals surface area contributed by atoms with Gasteiger partial charge in [-0.1, -0.05) is 18.2 Å². The van der Waals surface area contributed by atoms with Crippen molar-refractivity contribution in [1.82, 2.24) is 4.72 Å². The molecule has 1 aromatic rings. The molecule has 18 heavy (non-hydrogen) atoms. The molecule has 1 fully saturated rings. The Morgan fingerprint density at radius 3 is 2.78 bits per heavy atom. The van der Waals surface area contributed by atoms with Crippen molar-refractivity contribution in [1.29, 1.82) is 0 Å². The molecule has 2 rings (SSSR count). The molecule has 1 heterocycles. The van der Waals surface area contributed by atoms with E-state index in [0.717, 1.165) is 5.56 Å². The Morgan fingerprint density at radius 2 is 2.11 bits per heavy atom. The monoisotopic (exact) mass is 271 g/mol. The van der Waals surface area contributed by atoms with Crippen LogP contribution in [0.1, 0.15) is 5.56 Å². The minimum absolute atomic E-state index is 0.211. The lowest BCUT2D eigenvalue weighted by Gasteiger charge is -2.23. The zero-order valence-electron chi connectivity index (χ0n) is 10.3. The van der Waals surface area contributed by atoms with Crippen molar-refractivity contribution in [3.63, 3.8) is 0 Å². The summed E-state index contributed by atoms with van der Waals surface area (Å²) in [6.07, 6.45) is -0.211. The molecule has 5 nitrogen and oxygen atoms in total. The molecule has 0 aromatic heterocycles. The zero-order chi connectivity index (χ0) is 13.0. The summed E-state index contributed by atoms with van der Waals surface area (Å²) in [7, 11) is -3.48. The van der Waals surface area contributed by atoms with E-state index in [0.29, 0.717) is 24.7 Å². The van der Waals surface area contributed by atoms with Crippen LogP contribution in [0.15, 0.2) is 29.2 Å². The van der Waals surface area contributed by atoms with Gasteiger partial charge in [-0.3, -0.25) is 0 Å². The quantitative estimate of drug-likeness (QED) is 0.875. The molecule has 1 aliphatic rings. The largest absolute Gasteiger partial charge is 0.376 e. The third-order valence-corrected chi connectivity index (χ3v) is 4.35. The minimum atomic E-state index is -3.48. The van der Waals surface area contributed by atoms with E-state index >= 15 is 0 Å². The molecule has 0 bridgehead atoms. The summed E-state index contributed by atoms with van der Waals surface area (Å²) in [5.74, 6) is 0. The fourth-order valence-corrected chi connectivity index (χ4v) is 3.10. The summed E-state index contributed by atoms with van der Waals surface area (Å²) >= 11 is 0. The average Bonchev–Trinajstić information content (AvgIpc) is 2.38. The van der Waals surface area contributed by atoms with E-state index in [2.05, 4.69) is 4.72 Å². The average molecular weight is 271 g/mol. The van der Waals surface area contributed by atoms with Gasteiger partial charge < -0.3 is 9.47 Å². The smallest absolute Gasteiger partial charge is 0.240 e. The summed E-state index contributed by atoms with van der Waals surface area (Å²) < 4.78 is 37.3. The lowest BCUT2D eigenvalue weighted by molar-refractivity contribution is -0.0846. The highest BCUT2D eigenvalue weighted by molar-refractivity contribution is 7.89. The first-order valence-corrected chi connectivity index (χ1v) is 7.32. The van der Waals surface area contributed by atoms with Crippen molar-refractivity contribution in [2.45, 2.75) is 17.9 Å². The summed E-state index contributed by atoms with van der Waals surface area (Å²) in [4.78, 5) is 0.307. The van der Waals surface area contributed by atoms with Gasteiger partial charge in [0.25, 0.3) is 0 Å². The van der Waals surface area contributed by atoms with Crippen molar-refractivity contribution in [2.24, 2.45) is 0 Å². The predicted octanol–water partition coefficient (Wildman–Crippen LogP) is 0.689. The Labute approximate surface area is 107 Å². The molecule has 1 aromatic carbocycles. The maximum atomic E-state index is 12.1. The summed E-state index contributed by atoms with van der Waals surface area (Å²) in [5, 5.41) is 0. The van der Waals surface area contributed by atoms with Gasteiger partial charge in [-0.2, -0.15) is 0 Å². The Kier molecular flexibility index (Phi) is 4.34. The maximum absolute atomic E-state index is 12.1. The molecule has 100 valence electrons. The lowest BCUT2D eigenvalue weighted by atomic mass is 10.2. The molecule has 1 saturated heterocycles. The normalized spacial score (nSPS) is 20.8. The summed E-state index contributed by atoms with van der Waals surface area (Å²) in [6.45, 7) is 3.51. The van der Waals surface area contributed by atoms with E-state index in [1.165, 1.54) is 0 Å².